The SMILES string of the molecule is Cl.O=C(CCN1CCC[C@H]1C(=O)O)Nc1ccc(N2CCCC2=O)cc1. The zero-order valence-electron chi connectivity index (χ0n) is 14.5. The molecule has 0 radical (unpaired) electrons. The van der Waals surface area contributed by atoms with Gasteiger partial charge in [0.25, 0.3) is 0 Å². The van der Waals surface area contributed by atoms with Gasteiger partial charge in [0.15, 0.2) is 0 Å². The van der Waals surface area contributed by atoms with Gasteiger partial charge >= 0.3 is 5.97 Å². The van der Waals surface area contributed by atoms with Crippen LogP contribution in [0.1, 0.15) is 32.1 Å². The van der Waals surface area contributed by atoms with E-state index in [2.05, 4.69) is 5.32 Å². The number of carboxylic acid groups (broad SMARTS) is 1. The van der Waals surface area contributed by atoms with Gasteiger partial charge in [-0.3, -0.25) is 19.3 Å². The molecule has 1 aromatic carbocycles. The molecule has 2 N–H and O–H groups in total. The molecule has 2 fully saturated rings. The van der Waals surface area contributed by atoms with Crippen molar-refractivity contribution >= 4 is 41.6 Å². The van der Waals surface area contributed by atoms with Crippen LogP contribution in [0.25, 0.3) is 0 Å². The fourth-order valence-corrected chi connectivity index (χ4v) is 3.49. The van der Waals surface area contributed by atoms with Gasteiger partial charge < -0.3 is 15.3 Å². The van der Waals surface area contributed by atoms with E-state index in [9.17, 15) is 14.4 Å². The van der Waals surface area contributed by atoms with Gasteiger partial charge in [0.2, 0.25) is 11.8 Å². The molecule has 2 heterocycles. The Bertz CT molecular complexity index is 665. The summed E-state index contributed by atoms with van der Waals surface area (Å²) in [6.45, 7) is 1.91. The number of carboxylic acids is 1. The number of aliphatic carboxylic acids is 1. The van der Waals surface area contributed by atoms with Gasteiger partial charge in [0, 0.05) is 37.3 Å². The molecule has 26 heavy (non-hydrogen) atoms. The summed E-state index contributed by atoms with van der Waals surface area (Å²) in [6.07, 6.45) is 3.23. The molecule has 8 heteroatoms. The van der Waals surface area contributed by atoms with Crippen molar-refractivity contribution < 1.29 is 19.5 Å². The Morgan fingerprint density at radius 1 is 1.15 bits per heavy atom. The number of rotatable bonds is 6. The molecule has 3 rings (SSSR count). The van der Waals surface area contributed by atoms with Gasteiger partial charge in [-0.15, -0.1) is 12.4 Å². The Hall–Kier alpha value is -2.12. The normalized spacial score (nSPS) is 20.1. The maximum Gasteiger partial charge on any atom is 0.320 e. The summed E-state index contributed by atoms with van der Waals surface area (Å²) >= 11 is 0. The molecule has 2 amide bonds. The number of hydrogen-bond donors (Lipinski definition) is 2. The second-order valence-corrected chi connectivity index (χ2v) is 6.53. The molecule has 142 valence electrons. The lowest BCUT2D eigenvalue weighted by Gasteiger charge is -2.20. The maximum atomic E-state index is 12.1. The molecule has 0 aromatic heterocycles. The predicted molar refractivity (Wildman–Crippen MR) is 101 cm³/mol. The molecule has 0 bridgehead atoms. The number of anilines is 2. The highest BCUT2D eigenvalue weighted by Crippen LogP contribution is 2.23. The number of nitrogens with one attached hydrogen (secondary N) is 1. The molecule has 1 aromatic rings. The van der Waals surface area contributed by atoms with Crippen LogP contribution in [0.5, 0.6) is 0 Å². The van der Waals surface area contributed by atoms with Gasteiger partial charge in [0.05, 0.1) is 0 Å². The molecule has 0 aliphatic carbocycles. The topological polar surface area (TPSA) is 89.9 Å². The highest BCUT2D eigenvalue weighted by atomic mass is 35.5. The van der Waals surface area contributed by atoms with Crippen molar-refractivity contribution in [3.63, 3.8) is 0 Å². The molecule has 0 spiro atoms. The molecule has 7 nitrogen and oxygen atoms in total. The van der Waals surface area contributed by atoms with E-state index in [1.807, 2.05) is 17.0 Å². The molecule has 1 atom stereocenters. The van der Waals surface area contributed by atoms with Crippen LogP contribution in [0.4, 0.5) is 11.4 Å². The monoisotopic (exact) mass is 381 g/mol. The lowest BCUT2D eigenvalue weighted by molar-refractivity contribution is -0.142. The fraction of sp³-hybridized carbons (Fsp3) is 0.500. The number of nitrogens with zero attached hydrogens (tertiary/aromatic N) is 2. The first-order valence-electron chi connectivity index (χ1n) is 8.72. The third-order valence-electron chi connectivity index (χ3n) is 4.81. The van der Waals surface area contributed by atoms with Crippen LogP contribution in [0.15, 0.2) is 24.3 Å². The maximum absolute atomic E-state index is 12.1. The largest absolute Gasteiger partial charge is 0.480 e. The molecule has 0 unspecified atom stereocenters. The van der Waals surface area contributed by atoms with Crippen molar-refractivity contribution in [2.24, 2.45) is 0 Å². The van der Waals surface area contributed by atoms with Gasteiger partial charge in [0.1, 0.15) is 6.04 Å². The van der Waals surface area contributed by atoms with Crippen LogP contribution in [0.3, 0.4) is 0 Å². The lowest BCUT2D eigenvalue weighted by Crippen LogP contribution is -2.37. The van der Waals surface area contributed by atoms with Crippen LogP contribution >= 0.6 is 12.4 Å². The highest BCUT2D eigenvalue weighted by molar-refractivity contribution is 5.96. The summed E-state index contributed by atoms with van der Waals surface area (Å²) < 4.78 is 0. The van der Waals surface area contributed by atoms with Crippen molar-refractivity contribution in [2.75, 3.05) is 29.9 Å². The Balaban J connectivity index is 0.00000243. The Labute approximate surface area is 158 Å². The summed E-state index contributed by atoms with van der Waals surface area (Å²) in [5.41, 5.74) is 1.53. The minimum Gasteiger partial charge on any atom is -0.480 e. The van der Waals surface area contributed by atoms with Gasteiger partial charge in [-0.2, -0.15) is 0 Å². The Kier molecular flexibility index (Phi) is 6.99. The molecule has 2 aliphatic heterocycles. The summed E-state index contributed by atoms with van der Waals surface area (Å²) in [5.74, 6) is -0.818. The zero-order chi connectivity index (χ0) is 17.8. The number of amides is 2. The number of halogens is 1. The quantitative estimate of drug-likeness (QED) is 0.787. The fourth-order valence-electron chi connectivity index (χ4n) is 3.49. The molecular weight excluding hydrogens is 358 g/mol. The second-order valence-electron chi connectivity index (χ2n) is 6.53. The standard InChI is InChI=1S/C18H23N3O4.ClH/c22-16(9-12-20-10-1-3-15(20)18(24)25)19-13-5-7-14(8-6-13)21-11-2-4-17(21)23;/h5-8,15H,1-4,9-12H2,(H,19,22)(H,24,25);1H/t15-;/m0./s1. The van der Waals surface area contributed by atoms with E-state index in [-0.39, 0.29) is 30.6 Å². The minimum absolute atomic E-state index is 0. The summed E-state index contributed by atoms with van der Waals surface area (Å²) in [7, 11) is 0. The van der Waals surface area contributed by atoms with E-state index >= 15 is 0 Å². The number of hydrogen-bond acceptors (Lipinski definition) is 4. The number of carbonyl (C=O) groups excluding carboxylic acids is 2. The van der Waals surface area contributed by atoms with Gasteiger partial charge in [-0.25, -0.2) is 0 Å². The summed E-state index contributed by atoms with van der Waals surface area (Å²) in [6, 6.07) is 6.77. The average Bonchev–Trinajstić information content (AvgIpc) is 3.22. The molecular formula is C18H24ClN3O4. The van der Waals surface area contributed by atoms with Gasteiger partial charge in [-0.1, -0.05) is 0 Å². The molecule has 0 saturated carbocycles. The van der Waals surface area contributed by atoms with E-state index in [4.69, 9.17) is 5.11 Å². The van der Waals surface area contributed by atoms with Crippen LogP contribution in [0.2, 0.25) is 0 Å². The van der Waals surface area contributed by atoms with Crippen LogP contribution in [-0.2, 0) is 14.4 Å². The second kappa shape index (κ2) is 9.00. The van der Waals surface area contributed by atoms with Crippen LogP contribution in [0, 0.1) is 0 Å². The Morgan fingerprint density at radius 3 is 2.50 bits per heavy atom. The minimum atomic E-state index is -0.815. The zero-order valence-corrected chi connectivity index (χ0v) is 15.3. The first-order chi connectivity index (χ1) is 12.0. The Morgan fingerprint density at radius 2 is 1.88 bits per heavy atom. The smallest absolute Gasteiger partial charge is 0.320 e. The number of likely N-dealkylation sites (tertiary alicyclic amines) is 1. The predicted octanol–water partition coefficient (Wildman–Crippen LogP) is 2.11. The van der Waals surface area contributed by atoms with E-state index in [1.165, 1.54) is 0 Å². The van der Waals surface area contributed by atoms with Crippen LogP contribution < -0.4 is 10.2 Å². The van der Waals surface area contributed by atoms with Crippen molar-refractivity contribution in [1.29, 1.82) is 0 Å². The number of carbonyl (C=O) groups is 3. The van der Waals surface area contributed by atoms with Gasteiger partial charge in [-0.05, 0) is 50.1 Å². The lowest BCUT2D eigenvalue weighted by atomic mass is 10.2. The third kappa shape index (κ3) is 4.74. The number of benzene rings is 1. The van der Waals surface area contributed by atoms with E-state index in [0.29, 0.717) is 25.1 Å². The first-order valence-corrected chi connectivity index (χ1v) is 8.72. The third-order valence-corrected chi connectivity index (χ3v) is 4.81. The van der Waals surface area contributed by atoms with Crippen LogP contribution in [-0.4, -0.2) is 53.5 Å². The van der Waals surface area contributed by atoms with Crippen molar-refractivity contribution in [3.05, 3.63) is 24.3 Å². The van der Waals surface area contributed by atoms with Crippen molar-refractivity contribution in [1.82, 2.24) is 4.90 Å². The van der Waals surface area contributed by atoms with E-state index in [0.717, 1.165) is 31.6 Å². The summed E-state index contributed by atoms with van der Waals surface area (Å²) in [5, 5.41) is 12.0. The van der Waals surface area contributed by atoms with E-state index in [1.54, 1.807) is 17.0 Å². The first kappa shape index (κ1) is 20.2. The molecule has 2 aliphatic rings. The molecule has 2 saturated heterocycles. The van der Waals surface area contributed by atoms with E-state index < -0.39 is 12.0 Å². The highest BCUT2D eigenvalue weighted by Gasteiger charge is 2.30. The van der Waals surface area contributed by atoms with Crippen molar-refractivity contribution in [2.45, 2.75) is 38.1 Å². The average molecular weight is 382 g/mol. The summed E-state index contributed by atoms with van der Waals surface area (Å²) in [4.78, 5) is 38.6. The van der Waals surface area contributed by atoms with Crippen molar-refractivity contribution in [3.8, 4) is 0 Å².